The zero-order chi connectivity index (χ0) is 13.4. The van der Waals surface area contributed by atoms with Crippen LogP contribution in [-0.2, 0) is 0 Å². The van der Waals surface area contributed by atoms with Crippen molar-refractivity contribution in [2.45, 2.75) is 13.8 Å². The van der Waals surface area contributed by atoms with Gasteiger partial charge in [0.25, 0.3) is 0 Å². The second-order valence-corrected chi connectivity index (χ2v) is 4.40. The Bertz CT molecular complexity index is 634. The summed E-state index contributed by atoms with van der Waals surface area (Å²) >= 11 is 5.97. The number of hydrogen-bond acceptors (Lipinski definition) is 3. The van der Waals surface area contributed by atoms with Gasteiger partial charge in [-0.3, -0.25) is 5.10 Å². The number of phenols is 1. The summed E-state index contributed by atoms with van der Waals surface area (Å²) in [4.78, 5) is 10.8. The molecule has 3 N–H and O–H groups in total. The predicted octanol–water partition coefficient (Wildman–Crippen LogP) is 2.75. The molecular weight excluding hydrogens is 256 g/mol. The number of aryl methyl sites for hydroxylation is 2. The lowest BCUT2D eigenvalue weighted by Gasteiger charge is -2.09. The van der Waals surface area contributed by atoms with Crippen LogP contribution in [0.1, 0.15) is 21.6 Å². The molecule has 0 saturated carbocycles. The molecule has 5 nitrogen and oxygen atoms in total. The van der Waals surface area contributed by atoms with Crippen molar-refractivity contribution in [3.63, 3.8) is 0 Å². The van der Waals surface area contributed by atoms with Crippen LogP contribution in [0.2, 0.25) is 5.02 Å². The number of rotatable bonds is 2. The van der Waals surface area contributed by atoms with Crippen LogP contribution in [0, 0.1) is 13.8 Å². The van der Waals surface area contributed by atoms with Crippen LogP contribution >= 0.6 is 11.6 Å². The SMILES string of the molecule is Cc1cc(C)c(-c2cc(C(=O)O)[nH]n2)c(O)c1Cl. The summed E-state index contributed by atoms with van der Waals surface area (Å²) < 4.78 is 0. The van der Waals surface area contributed by atoms with Crippen LogP contribution in [0.15, 0.2) is 12.1 Å². The fraction of sp³-hybridized carbons (Fsp3) is 0.167. The van der Waals surface area contributed by atoms with E-state index >= 15 is 0 Å². The third-order valence-corrected chi connectivity index (χ3v) is 3.16. The number of H-pyrrole nitrogens is 1. The van der Waals surface area contributed by atoms with Crippen molar-refractivity contribution in [3.05, 3.63) is 34.0 Å². The number of aromatic nitrogens is 2. The fourth-order valence-electron chi connectivity index (χ4n) is 1.83. The van der Waals surface area contributed by atoms with Crippen LogP contribution in [0.5, 0.6) is 5.75 Å². The molecule has 0 saturated heterocycles. The van der Waals surface area contributed by atoms with Crippen LogP contribution in [0.3, 0.4) is 0 Å². The van der Waals surface area contributed by atoms with Crippen molar-refractivity contribution in [3.8, 4) is 17.0 Å². The van der Waals surface area contributed by atoms with Crippen LogP contribution in [-0.4, -0.2) is 26.4 Å². The first-order chi connectivity index (χ1) is 8.41. The zero-order valence-corrected chi connectivity index (χ0v) is 10.5. The molecule has 0 unspecified atom stereocenters. The van der Waals surface area contributed by atoms with Gasteiger partial charge in [-0.05, 0) is 31.0 Å². The highest BCUT2D eigenvalue weighted by atomic mass is 35.5. The molecule has 18 heavy (non-hydrogen) atoms. The molecular formula is C12H11ClN2O3. The molecule has 0 aliphatic heterocycles. The quantitative estimate of drug-likeness (QED) is 0.780. The first kappa shape index (κ1) is 12.4. The molecule has 94 valence electrons. The molecule has 6 heteroatoms. The maximum Gasteiger partial charge on any atom is 0.353 e. The third kappa shape index (κ3) is 1.93. The maximum atomic E-state index is 10.8. The smallest absolute Gasteiger partial charge is 0.353 e. The van der Waals surface area contributed by atoms with E-state index in [1.807, 2.05) is 6.07 Å². The Morgan fingerprint density at radius 1 is 1.33 bits per heavy atom. The van der Waals surface area contributed by atoms with E-state index in [9.17, 15) is 9.90 Å². The Kier molecular flexibility index (Phi) is 3.00. The second kappa shape index (κ2) is 4.34. The topological polar surface area (TPSA) is 86.2 Å². The molecule has 0 aliphatic carbocycles. The molecule has 2 aromatic rings. The minimum atomic E-state index is -1.11. The lowest BCUT2D eigenvalue weighted by molar-refractivity contribution is 0.0690. The molecule has 0 amide bonds. The summed E-state index contributed by atoms with van der Waals surface area (Å²) in [6.45, 7) is 3.58. The number of hydrogen-bond donors (Lipinski definition) is 3. The van der Waals surface area contributed by atoms with Gasteiger partial charge < -0.3 is 10.2 Å². The van der Waals surface area contributed by atoms with Gasteiger partial charge in [-0.2, -0.15) is 5.10 Å². The molecule has 1 aromatic carbocycles. The Morgan fingerprint density at radius 3 is 2.56 bits per heavy atom. The Labute approximate surface area is 108 Å². The van der Waals surface area contributed by atoms with Gasteiger partial charge in [-0.25, -0.2) is 4.79 Å². The number of carbonyl (C=O) groups is 1. The van der Waals surface area contributed by atoms with Crippen molar-refractivity contribution >= 4 is 17.6 Å². The lowest BCUT2D eigenvalue weighted by atomic mass is 10.0. The lowest BCUT2D eigenvalue weighted by Crippen LogP contribution is -1.95. The minimum Gasteiger partial charge on any atom is -0.506 e. The van der Waals surface area contributed by atoms with Crippen molar-refractivity contribution < 1.29 is 15.0 Å². The number of aromatic amines is 1. The van der Waals surface area contributed by atoms with Crippen LogP contribution in [0.25, 0.3) is 11.3 Å². The Morgan fingerprint density at radius 2 is 2.00 bits per heavy atom. The monoisotopic (exact) mass is 266 g/mol. The second-order valence-electron chi connectivity index (χ2n) is 4.02. The molecule has 0 atom stereocenters. The van der Waals surface area contributed by atoms with Gasteiger partial charge in [-0.1, -0.05) is 17.7 Å². The fourth-order valence-corrected chi connectivity index (χ4v) is 1.98. The molecule has 1 heterocycles. The van der Waals surface area contributed by atoms with Crippen molar-refractivity contribution in [2.24, 2.45) is 0 Å². The van der Waals surface area contributed by atoms with Crippen LogP contribution in [0.4, 0.5) is 0 Å². The number of aromatic carboxylic acids is 1. The molecule has 0 aliphatic rings. The van der Waals surface area contributed by atoms with E-state index in [1.54, 1.807) is 13.8 Å². The summed E-state index contributed by atoms with van der Waals surface area (Å²) in [5.41, 5.74) is 2.28. The number of carboxylic acid groups (broad SMARTS) is 1. The van der Waals surface area contributed by atoms with E-state index in [0.29, 0.717) is 11.3 Å². The van der Waals surface area contributed by atoms with Gasteiger partial charge in [0.15, 0.2) is 0 Å². The molecule has 0 bridgehead atoms. The highest BCUT2D eigenvalue weighted by Crippen LogP contribution is 2.39. The molecule has 0 radical (unpaired) electrons. The van der Waals surface area contributed by atoms with Gasteiger partial charge in [0.05, 0.1) is 10.7 Å². The molecule has 1 aromatic heterocycles. The summed E-state index contributed by atoms with van der Waals surface area (Å²) in [6.07, 6.45) is 0. The van der Waals surface area contributed by atoms with E-state index in [2.05, 4.69) is 10.2 Å². The highest BCUT2D eigenvalue weighted by Gasteiger charge is 2.17. The molecule has 0 spiro atoms. The van der Waals surface area contributed by atoms with E-state index in [-0.39, 0.29) is 16.5 Å². The Balaban J connectivity index is 2.63. The van der Waals surface area contributed by atoms with E-state index in [1.165, 1.54) is 6.07 Å². The van der Waals surface area contributed by atoms with Gasteiger partial charge in [0.1, 0.15) is 11.4 Å². The third-order valence-electron chi connectivity index (χ3n) is 2.68. The first-order valence-corrected chi connectivity index (χ1v) is 5.57. The summed E-state index contributed by atoms with van der Waals surface area (Å²) in [5.74, 6) is -1.19. The van der Waals surface area contributed by atoms with Crippen molar-refractivity contribution in [1.29, 1.82) is 0 Å². The summed E-state index contributed by atoms with van der Waals surface area (Å²) in [7, 11) is 0. The zero-order valence-electron chi connectivity index (χ0n) is 9.78. The molecule has 0 fully saturated rings. The minimum absolute atomic E-state index is 0.0412. The number of phenolic OH excluding ortho intramolecular Hbond substituents is 1. The van der Waals surface area contributed by atoms with Crippen molar-refractivity contribution in [1.82, 2.24) is 10.2 Å². The Hall–Kier alpha value is -2.01. The van der Waals surface area contributed by atoms with E-state index in [0.717, 1.165) is 11.1 Å². The number of benzene rings is 1. The number of halogens is 1. The largest absolute Gasteiger partial charge is 0.506 e. The summed E-state index contributed by atoms with van der Waals surface area (Å²) in [5, 5.41) is 25.4. The number of nitrogens with zero attached hydrogens (tertiary/aromatic N) is 1. The van der Waals surface area contributed by atoms with Gasteiger partial charge in [0.2, 0.25) is 0 Å². The average molecular weight is 267 g/mol. The van der Waals surface area contributed by atoms with E-state index < -0.39 is 5.97 Å². The normalized spacial score (nSPS) is 10.6. The van der Waals surface area contributed by atoms with Crippen LogP contribution < -0.4 is 0 Å². The van der Waals surface area contributed by atoms with E-state index in [4.69, 9.17) is 16.7 Å². The first-order valence-electron chi connectivity index (χ1n) is 5.19. The maximum absolute atomic E-state index is 10.8. The molecule has 2 rings (SSSR count). The highest BCUT2D eigenvalue weighted by molar-refractivity contribution is 6.33. The van der Waals surface area contributed by atoms with Gasteiger partial charge >= 0.3 is 5.97 Å². The number of aromatic hydroxyl groups is 1. The van der Waals surface area contributed by atoms with Gasteiger partial charge in [-0.15, -0.1) is 0 Å². The predicted molar refractivity (Wildman–Crippen MR) is 67.1 cm³/mol. The summed E-state index contributed by atoms with van der Waals surface area (Å²) in [6, 6.07) is 3.17. The standard InChI is InChI=1S/C12H11ClN2O3/c1-5-3-6(2)10(13)11(16)9(5)7-4-8(12(17)18)15-14-7/h3-4,16H,1-2H3,(H,14,15)(H,17,18). The number of nitrogens with one attached hydrogen (secondary N) is 1. The number of carboxylic acids is 1. The van der Waals surface area contributed by atoms with Gasteiger partial charge in [0, 0.05) is 5.56 Å². The average Bonchev–Trinajstić information content (AvgIpc) is 2.75. The van der Waals surface area contributed by atoms with Crippen molar-refractivity contribution in [2.75, 3.05) is 0 Å².